The number of likely N-dealkylation sites (N-methyl/N-ethyl adjacent to an activating group) is 1. The van der Waals surface area contributed by atoms with Crippen molar-refractivity contribution < 1.29 is 9.53 Å². The van der Waals surface area contributed by atoms with Crippen LogP contribution < -0.4 is 16.0 Å². The van der Waals surface area contributed by atoms with Crippen molar-refractivity contribution in [2.24, 2.45) is 0 Å². The normalized spacial score (nSPS) is 19.7. The maximum Gasteiger partial charge on any atom is 0.244 e. The molecule has 0 bridgehead atoms. The number of ether oxygens (including phenoxy) is 1. The van der Waals surface area contributed by atoms with E-state index in [9.17, 15) is 4.79 Å². The minimum absolute atomic E-state index is 0.0623. The topological polar surface area (TPSA) is 80.5 Å². The van der Waals surface area contributed by atoms with Gasteiger partial charge in [0.05, 0.1) is 25.1 Å². The molecular weight excluding hydrogens is 232 g/mol. The number of carbonyl (C=O) groups is 1. The Morgan fingerprint density at radius 2 is 2.44 bits per heavy atom. The Hall–Kier alpha value is -1.82. The third-order valence-electron chi connectivity index (χ3n) is 3.02. The number of nitrogens with two attached hydrogens (primary N) is 1. The maximum absolute atomic E-state index is 11.8. The van der Waals surface area contributed by atoms with E-state index in [0.29, 0.717) is 25.4 Å². The van der Waals surface area contributed by atoms with Crippen LogP contribution in [0, 0.1) is 6.92 Å². The molecule has 1 aliphatic heterocycles. The Kier molecular flexibility index (Phi) is 3.66. The lowest BCUT2D eigenvalue weighted by atomic mass is 10.1. The first-order chi connectivity index (χ1) is 8.63. The summed E-state index contributed by atoms with van der Waals surface area (Å²) in [6.07, 6.45) is 1.61. The van der Waals surface area contributed by atoms with Crippen molar-refractivity contribution in [1.82, 2.24) is 10.3 Å². The molecule has 1 aromatic rings. The van der Waals surface area contributed by atoms with Gasteiger partial charge in [0.2, 0.25) is 5.91 Å². The molecule has 6 nitrogen and oxygen atoms in total. The SMILES string of the molecule is CNC(=O)C1COCCN1c1ncc(N)cc1C. The molecule has 6 heteroatoms. The molecule has 0 radical (unpaired) electrons. The number of amides is 1. The van der Waals surface area contributed by atoms with Crippen molar-refractivity contribution >= 4 is 17.4 Å². The first-order valence-electron chi connectivity index (χ1n) is 5.91. The van der Waals surface area contributed by atoms with Crippen LogP contribution in [0.15, 0.2) is 12.3 Å². The zero-order chi connectivity index (χ0) is 13.1. The zero-order valence-electron chi connectivity index (χ0n) is 10.6. The van der Waals surface area contributed by atoms with Crippen LogP contribution in [0.4, 0.5) is 11.5 Å². The molecule has 1 atom stereocenters. The number of aryl methyl sites for hydroxylation is 1. The predicted molar refractivity (Wildman–Crippen MR) is 69.4 cm³/mol. The van der Waals surface area contributed by atoms with Gasteiger partial charge in [0.1, 0.15) is 11.9 Å². The Bertz CT molecular complexity index is 450. The van der Waals surface area contributed by atoms with Gasteiger partial charge in [-0.25, -0.2) is 4.98 Å². The van der Waals surface area contributed by atoms with Crippen molar-refractivity contribution in [3.8, 4) is 0 Å². The summed E-state index contributed by atoms with van der Waals surface area (Å²) in [5.41, 5.74) is 7.28. The number of anilines is 2. The third-order valence-corrected chi connectivity index (χ3v) is 3.02. The van der Waals surface area contributed by atoms with Gasteiger partial charge in [-0.2, -0.15) is 0 Å². The molecule has 0 saturated carbocycles. The molecular formula is C12H18N4O2. The summed E-state index contributed by atoms with van der Waals surface area (Å²) in [6.45, 7) is 3.56. The molecule has 18 heavy (non-hydrogen) atoms. The number of nitrogen functional groups attached to an aromatic ring is 1. The second-order valence-corrected chi connectivity index (χ2v) is 4.31. The van der Waals surface area contributed by atoms with Crippen LogP contribution in [0.1, 0.15) is 5.56 Å². The van der Waals surface area contributed by atoms with E-state index < -0.39 is 0 Å². The number of nitrogens with one attached hydrogen (secondary N) is 1. The van der Waals surface area contributed by atoms with Gasteiger partial charge in [-0.05, 0) is 18.6 Å². The third kappa shape index (κ3) is 2.38. The predicted octanol–water partition coefficient (Wildman–Crippen LogP) is -0.0766. The summed E-state index contributed by atoms with van der Waals surface area (Å²) in [5.74, 6) is 0.730. The number of aromatic nitrogens is 1. The number of carbonyl (C=O) groups excluding carboxylic acids is 1. The highest BCUT2D eigenvalue weighted by molar-refractivity contribution is 5.85. The summed E-state index contributed by atoms with van der Waals surface area (Å²) < 4.78 is 5.37. The van der Waals surface area contributed by atoms with Crippen molar-refractivity contribution in [2.75, 3.05) is 37.4 Å². The van der Waals surface area contributed by atoms with Crippen LogP contribution in [0.3, 0.4) is 0 Å². The summed E-state index contributed by atoms with van der Waals surface area (Å²) in [4.78, 5) is 18.1. The van der Waals surface area contributed by atoms with Crippen molar-refractivity contribution in [3.05, 3.63) is 17.8 Å². The number of hydrogen-bond donors (Lipinski definition) is 2. The molecule has 1 saturated heterocycles. The summed E-state index contributed by atoms with van der Waals surface area (Å²) >= 11 is 0. The molecule has 0 spiro atoms. The van der Waals surface area contributed by atoms with E-state index >= 15 is 0 Å². The van der Waals surface area contributed by atoms with E-state index in [2.05, 4.69) is 10.3 Å². The second kappa shape index (κ2) is 5.22. The van der Waals surface area contributed by atoms with Gasteiger partial charge in [-0.1, -0.05) is 0 Å². The van der Waals surface area contributed by atoms with Crippen LogP contribution in [0.5, 0.6) is 0 Å². The van der Waals surface area contributed by atoms with Crippen molar-refractivity contribution in [2.45, 2.75) is 13.0 Å². The standard InChI is InChI=1S/C12H18N4O2/c1-8-5-9(13)6-15-11(8)16-3-4-18-7-10(16)12(17)14-2/h5-6,10H,3-4,7,13H2,1-2H3,(H,14,17). The summed E-state index contributed by atoms with van der Waals surface area (Å²) in [6, 6.07) is 1.53. The van der Waals surface area contributed by atoms with E-state index in [0.717, 1.165) is 11.4 Å². The Labute approximate surface area is 106 Å². The van der Waals surface area contributed by atoms with Gasteiger partial charge in [0, 0.05) is 13.6 Å². The molecule has 1 unspecified atom stereocenters. The first-order valence-corrected chi connectivity index (χ1v) is 5.91. The van der Waals surface area contributed by atoms with Crippen LogP contribution in [0.2, 0.25) is 0 Å². The van der Waals surface area contributed by atoms with Gasteiger partial charge in [0.15, 0.2) is 0 Å². The molecule has 1 amide bonds. The molecule has 1 aromatic heterocycles. The number of hydrogen-bond acceptors (Lipinski definition) is 5. The average Bonchev–Trinajstić information content (AvgIpc) is 2.38. The second-order valence-electron chi connectivity index (χ2n) is 4.31. The fourth-order valence-electron chi connectivity index (χ4n) is 2.13. The molecule has 2 rings (SSSR count). The number of pyridine rings is 1. The number of nitrogens with zero attached hydrogens (tertiary/aromatic N) is 2. The summed E-state index contributed by atoms with van der Waals surface area (Å²) in [7, 11) is 1.62. The fraction of sp³-hybridized carbons (Fsp3) is 0.500. The lowest BCUT2D eigenvalue weighted by Gasteiger charge is -2.35. The molecule has 3 N–H and O–H groups in total. The first kappa shape index (κ1) is 12.6. The highest BCUT2D eigenvalue weighted by atomic mass is 16.5. The fourth-order valence-corrected chi connectivity index (χ4v) is 2.13. The lowest BCUT2D eigenvalue weighted by molar-refractivity contribution is -0.124. The van der Waals surface area contributed by atoms with Gasteiger partial charge in [0.25, 0.3) is 0 Å². The van der Waals surface area contributed by atoms with Gasteiger partial charge >= 0.3 is 0 Å². The number of rotatable bonds is 2. The van der Waals surface area contributed by atoms with Crippen LogP contribution in [-0.4, -0.2) is 43.7 Å². The monoisotopic (exact) mass is 250 g/mol. The minimum Gasteiger partial charge on any atom is -0.397 e. The van der Waals surface area contributed by atoms with Crippen LogP contribution in [0.25, 0.3) is 0 Å². The van der Waals surface area contributed by atoms with E-state index in [-0.39, 0.29) is 11.9 Å². The average molecular weight is 250 g/mol. The minimum atomic E-state index is -0.335. The van der Waals surface area contributed by atoms with Crippen molar-refractivity contribution in [1.29, 1.82) is 0 Å². The Morgan fingerprint density at radius 1 is 1.67 bits per heavy atom. The number of morpholine rings is 1. The molecule has 2 heterocycles. The lowest BCUT2D eigenvalue weighted by Crippen LogP contribution is -2.53. The Morgan fingerprint density at radius 3 is 3.11 bits per heavy atom. The van der Waals surface area contributed by atoms with E-state index in [1.54, 1.807) is 13.2 Å². The molecule has 98 valence electrons. The van der Waals surface area contributed by atoms with Crippen LogP contribution in [-0.2, 0) is 9.53 Å². The van der Waals surface area contributed by atoms with Gasteiger partial charge < -0.3 is 20.7 Å². The van der Waals surface area contributed by atoms with Gasteiger partial charge in [-0.3, -0.25) is 4.79 Å². The Balaban J connectivity index is 2.30. The summed E-state index contributed by atoms with van der Waals surface area (Å²) in [5, 5.41) is 2.65. The quantitative estimate of drug-likeness (QED) is 0.767. The highest BCUT2D eigenvalue weighted by Crippen LogP contribution is 2.22. The smallest absolute Gasteiger partial charge is 0.244 e. The zero-order valence-corrected chi connectivity index (χ0v) is 10.6. The maximum atomic E-state index is 11.8. The molecule has 1 aliphatic rings. The highest BCUT2D eigenvalue weighted by Gasteiger charge is 2.30. The van der Waals surface area contributed by atoms with Gasteiger partial charge in [-0.15, -0.1) is 0 Å². The van der Waals surface area contributed by atoms with Crippen LogP contribution >= 0.6 is 0 Å². The van der Waals surface area contributed by atoms with E-state index in [1.807, 2.05) is 17.9 Å². The largest absolute Gasteiger partial charge is 0.397 e. The van der Waals surface area contributed by atoms with Crippen molar-refractivity contribution in [3.63, 3.8) is 0 Å². The van der Waals surface area contributed by atoms with E-state index in [4.69, 9.17) is 10.5 Å². The molecule has 1 fully saturated rings. The van der Waals surface area contributed by atoms with E-state index in [1.165, 1.54) is 0 Å². The molecule has 0 aromatic carbocycles. The molecule has 0 aliphatic carbocycles.